The van der Waals surface area contributed by atoms with Crippen LogP contribution in [-0.2, 0) is 0 Å². The molecule has 0 saturated heterocycles. The molecule has 0 bridgehead atoms. The highest BCUT2D eigenvalue weighted by Crippen LogP contribution is 2.45. The molecule has 19 heavy (non-hydrogen) atoms. The fourth-order valence-corrected chi connectivity index (χ4v) is 2.57. The maximum Gasteiger partial charge on any atom is 0.272 e. The molecule has 1 heterocycles. The summed E-state index contributed by atoms with van der Waals surface area (Å²) in [6.07, 6.45) is 4.60. The molecule has 2 aliphatic rings. The summed E-state index contributed by atoms with van der Waals surface area (Å²) in [7, 11) is 0. The summed E-state index contributed by atoms with van der Waals surface area (Å²) in [6.45, 7) is -1.18. The van der Waals surface area contributed by atoms with Crippen LogP contribution < -0.4 is 0 Å². The van der Waals surface area contributed by atoms with Crippen molar-refractivity contribution in [3.63, 3.8) is 0 Å². The molecular formula is C15H18N2O2. The van der Waals surface area contributed by atoms with E-state index in [0.29, 0.717) is 25.4 Å². The van der Waals surface area contributed by atoms with Crippen LogP contribution in [0.5, 0.6) is 0 Å². The van der Waals surface area contributed by atoms with Crippen LogP contribution in [0.2, 0.25) is 0 Å². The van der Waals surface area contributed by atoms with Gasteiger partial charge >= 0.3 is 0 Å². The quantitative estimate of drug-likeness (QED) is 0.620. The van der Waals surface area contributed by atoms with Gasteiger partial charge in [0.25, 0.3) is 5.69 Å². The van der Waals surface area contributed by atoms with Crippen molar-refractivity contribution in [3.05, 3.63) is 45.5 Å². The van der Waals surface area contributed by atoms with Crippen molar-refractivity contribution >= 4 is 11.3 Å². The minimum atomic E-state index is -2.06. The largest absolute Gasteiger partial charge is 0.302 e. The van der Waals surface area contributed by atoms with Gasteiger partial charge in [-0.05, 0) is 55.4 Å². The summed E-state index contributed by atoms with van der Waals surface area (Å²) < 4.78 is 22.3. The number of likely N-dealkylation sites (N-methyl/N-ethyl adjacent to an activating group) is 1. The zero-order chi connectivity index (χ0) is 15.9. The van der Waals surface area contributed by atoms with Crippen molar-refractivity contribution in [2.45, 2.75) is 25.2 Å². The molecule has 0 unspecified atom stereocenters. The molecule has 1 saturated carbocycles. The highest BCUT2D eigenvalue weighted by atomic mass is 16.6. The van der Waals surface area contributed by atoms with Gasteiger partial charge in [-0.1, -0.05) is 6.08 Å². The van der Waals surface area contributed by atoms with Crippen LogP contribution in [0.4, 0.5) is 5.69 Å². The molecule has 0 amide bonds. The summed E-state index contributed by atoms with van der Waals surface area (Å²) in [4.78, 5) is 12.3. The SMILES string of the molecule is [2H]C([2H])([2H])N1CC=C(c2ccc([N+](=O)[O-])c(C3CC3)c2)CC1. The molecule has 0 aromatic heterocycles. The minimum Gasteiger partial charge on any atom is -0.302 e. The van der Waals surface area contributed by atoms with E-state index in [9.17, 15) is 10.1 Å². The zero-order valence-corrected chi connectivity index (χ0v) is 10.6. The van der Waals surface area contributed by atoms with Gasteiger partial charge in [0, 0.05) is 28.8 Å². The van der Waals surface area contributed by atoms with Crippen LogP contribution in [-0.4, -0.2) is 29.9 Å². The van der Waals surface area contributed by atoms with Crippen molar-refractivity contribution in [2.24, 2.45) is 0 Å². The molecule has 100 valence electrons. The lowest BCUT2D eigenvalue weighted by Gasteiger charge is -2.22. The van der Waals surface area contributed by atoms with Crippen LogP contribution in [0.15, 0.2) is 24.3 Å². The van der Waals surface area contributed by atoms with Gasteiger partial charge in [0.15, 0.2) is 0 Å². The topological polar surface area (TPSA) is 46.4 Å². The molecule has 1 aliphatic carbocycles. The lowest BCUT2D eigenvalue weighted by atomic mass is 9.96. The third kappa shape index (κ3) is 2.54. The Bertz CT molecular complexity index is 636. The third-order valence-electron chi connectivity index (χ3n) is 3.82. The van der Waals surface area contributed by atoms with Gasteiger partial charge in [-0.3, -0.25) is 10.1 Å². The van der Waals surface area contributed by atoms with Crippen LogP contribution in [0, 0.1) is 10.1 Å². The van der Waals surface area contributed by atoms with E-state index in [2.05, 4.69) is 0 Å². The lowest BCUT2D eigenvalue weighted by Crippen LogP contribution is -2.23. The Kier molecular flexibility index (Phi) is 2.33. The predicted octanol–water partition coefficient (Wildman–Crippen LogP) is 3.19. The molecule has 4 heteroatoms. The minimum absolute atomic E-state index is 0.201. The molecule has 0 N–H and O–H groups in total. The molecule has 0 radical (unpaired) electrons. The molecule has 1 aliphatic heterocycles. The van der Waals surface area contributed by atoms with E-state index in [4.69, 9.17) is 4.11 Å². The molecule has 1 aromatic rings. The van der Waals surface area contributed by atoms with Gasteiger partial charge in [0.1, 0.15) is 0 Å². The fourth-order valence-electron chi connectivity index (χ4n) is 2.57. The smallest absolute Gasteiger partial charge is 0.272 e. The van der Waals surface area contributed by atoms with Crippen LogP contribution >= 0.6 is 0 Å². The first-order valence-electron chi connectivity index (χ1n) is 8.09. The Morgan fingerprint density at radius 1 is 1.47 bits per heavy atom. The molecule has 3 rings (SSSR count). The van der Waals surface area contributed by atoms with E-state index in [-0.39, 0.29) is 10.6 Å². The first-order valence-corrected chi connectivity index (χ1v) is 6.59. The summed E-state index contributed by atoms with van der Waals surface area (Å²) >= 11 is 0. The van der Waals surface area contributed by atoms with Crippen LogP contribution in [0.1, 0.15) is 40.4 Å². The van der Waals surface area contributed by atoms with Crippen molar-refractivity contribution < 1.29 is 9.04 Å². The molecule has 4 nitrogen and oxygen atoms in total. The molecule has 1 aromatic carbocycles. The normalized spacial score (nSPS) is 23.2. The van der Waals surface area contributed by atoms with Crippen LogP contribution in [0.25, 0.3) is 5.57 Å². The van der Waals surface area contributed by atoms with Gasteiger partial charge in [-0.25, -0.2) is 0 Å². The second-order valence-corrected chi connectivity index (χ2v) is 5.23. The lowest BCUT2D eigenvalue weighted by molar-refractivity contribution is -0.385. The third-order valence-corrected chi connectivity index (χ3v) is 3.82. The Balaban J connectivity index is 1.85. The summed E-state index contributed by atoms with van der Waals surface area (Å²) in [5, 5.41) is 11.1. The van der Waals surface area contributed by atoms with E-state index >= 15 is 0 Å². The van der Waals surface area contributed by atoms with Crippen molar-refractivity contribution in [1.82, 2.24) is 4.90 Å². The number of hydrogen-bond donors (Lipinski definition) is 0. The number of nitro groups is 1. The van der Waals surface area contributed by atoms with Crippen molar-refractivity contribution in [2.75, 3.05) is 20.1 Å². The Morgan fingerprint density at radius 2 is 2.32 bits per heavy atom. The summed E-state index contributed by atoms with van der Waals surface area (Å²) in [5.41, 5.74) is 3.09. The predicted molar refractivity (Wildman–Crippen MR) is 75.2 cm³/mol. The Labute approximate surface area is 117 Å². The van der Waals surface area contributed by atoms with Crippen LogP contribution in [0.3, 0.4) is 0 Å². The van der Waals surface area contributed by atoms with Gasteiger partial charge in [-0.15, -0.1) is 0 Å². The number of benzene rings is 1. The second-order valence-electron chi connectivity index (χ2n) is 5.23. The van der Waals surface area contributed by atoms with Gasteiger partial charge < -0.3 is 4.90 Å². The molecule has 0 spiro atoms. The van der Waals surface area contributed by atoms with Gasteiger partial charge in [0.2, 0.25) is 0 Å². The van der Waals surface area contributed by atoms with E-state index in [1.807, 2.05) is 12.1 Å². The maximum atomic E-state index is 11.1. The van der Waals surface area contributed by atoms with Gasteiger partial charge in [-0.2, -0.15) is 0 Å². The number of nitro benzene ring substituents is 1. The van der Waals surface area contributed by atoms with E-state index in [1.165, 1.54) is 4.90 Å². The maximum absolute atomic E-state index is 11.1. The number of nitrogens with zero attached hydrogens (tertiary/aromatic N) is 2. The Morgan fingerprint density at radius 3 is 2.89 bits per heavy atom. The van der Waals surface area contributed by atoms with E-state index < -0.39 is 6.98 Å². The summed E-state index contributed by atoms with van der Waals surface area (Å²) in [6, 6.07) is 5.29. The first kappa shape index (κ1) is 9.26. The Hall–Kier alpha value is -1.68. The standard InChI is InChI=1S/C15H18N2O2/c1-16-8-6-11(7-9-16)13-4-5-15(17(18)19)14(10-13)12-2-3-12/h4-6,10,12H,2-3,7-9H2,1H3/i1D3. The highest BCUT2D eigenvalue weighted by Gasteiger charge is 2.31. The monoisotopic (exact) mass is 261 g/mol. The van der Waals surface area contributed by atoms with Crippen molar-refractivity contribution in [3.8, 4) is 0 Å². The molecule has 0 atom stereocenters. The highest BCUT2D eigenvalue weighted by molar-refractivity contribution is 5.69. The number of hydrogen-bond acceptors (Lipinski definition) is 3. The van der Waals surface area contributed by atoms with Crippen molar-refractivity contribution in [1.29, 1.82) is 0 Å². The fraction of sp³-hybridized carbons (Fsp3) is 0.467. The summed E-state index contributed by atoms with van der Waals surface area (Å²) in [5.74, 6) is 0.309. The number of rotatable bonds is 3. The second kappa shape index (κ2) is 4.78. The van der Waals surface area contributed by atoms with Gasteiger partial charge in [0.05, 0.1) is 4.92 Å². The zero-order valence-electron chi connectivity index (χ0n) is 13.6. The average Bonchev–Trinajstić information content (AvgIpc) is 3.30. The molecule has 1 fully saturated rings. The molecular weight excluding hydrogens is 240 g/mol. The first-order chi connectivity index (χ1) is 10.4. The van der Waals surface area contributed by atoms with E-state index in [1.54, 1.807) is 12.1 Å². The van der Waals surface area contributed by atoms with E-state index in [0.717, 1.165) is 29.5 Å². The average molecular weight is 261 g/mol.